The van der Waals surface area contributed by atoms with Gasteiger partial charge in [-0.3, -0.25) is 0 Å². The molecule has 2 rings (SSSR count). The third kappa shape index (κ3) is 1.64. The van der Waals surface area contributed by atoms with Crippen molar-refractivity contribution >= 4 is 12.2 Å². The number of nitrogens with two attached hydrogens (primary N) is 1. The van der Waals surface area contributed by atoms with Crippen LogP contribution in [0.4, 0.5) is 13.2 Å². The molecular weight excluding hydrogens is 223 g/mol. The molecule has 2 heterocycles. The highest BCUT2D eigenvalue weighted by Gasteiger charge is 2.45. The number of halogens is 3. The van der Waals surface area contributed by atoms with Crippen LogP contribution in [0.15, 0.2) is 21.9 Å². The SMILES string of the molecule is CC(N1CN=C2N=CC=C(N)N21)C(F)(F)F. The van der Waals surface area contributed by atoms with E-state index in [1.54, 1.807) is 0 Å². The molecule has 2 N–H and O–H groups in total. The molecule has 0 bridgehead atoms. The molecule has 1 unspecified atom stereocenters. The Bertz CT molecular complexity index is 384. The first kappa shape index (κ1) is 10.9. The fraction of sp³-hybridized carbons (Fsp3) is 0.500. The van der Waals surface area contributed by atoms with Crippen molar-refractivity contribution in [1.82, 2.24) is 10.0 Å². The Morgan fingerprint density at radius 2 is 2.19 bits per heavy atom. The molecule has 0 saturated carbocycles. The van der Waals surface area contributed by atoms with Gasteiger partial charge < -0.3 is 5.73 Å². The van der Waals surface area contributed by atoms with Crippen LogP contribution in [0.5, 0.6) is 0 Å². The molecule has 2 aliphatic heterocycles. The van der Waals surface area contributed by atoms with Crippen LogP contribution in [0.1, 0.15) is 6.92 Å². The molecule has 88 valence electrons. The van der Waals surface area contributed by atoms with Crippen molar-refractivity contribution in [2.45, 2.75) is 19.1 Å². The normalized spacial score (nSPS) is 22.9. The number of aliphatic imine (C=N–C) groups is 2. The van der Waals surface area contributed by atoms with Gasteiger partial charge in [-0.2, -0.15) is 18.2 Å². The maximum atomic E-state index is 12.6. The number of nitrogens with zero attached hydrogens (tertiary/aromatic N) is 4. The molecule has 5 nitrogen and oxygen atoms in total. The number of hydrazine groups is 1. The monoisotopic (exact) mass is 233 g/mol. The summed E-state index contributed by atoms with van der Waals surface area (Å²) in [6.45, 7) is 0.964. The highest BCUT2D eigenvalue weighted by atomic mass is 19.4. The summed E-state index contributed by atoms with van der Waals surface area (Å²) in [6.07, 6.45) is -1.49. The van der Waals surface area contributed by atoms with Gasteiger partial charge in [0.1, 0.15) is 18.5 Å². The van der Waals surface area contributed by atoms with E-state index in [0.717, 1.165) is 11.9 Å². The van der Waals surface area contributed by atoms with E-state index in [9.17, 15) is 13.2 Å². The molecule has 0 aromatic carbocycles. The summed E-state index contributed by atoms with van der Waals surface area (Å²) < 4.78 is 37.7. The van der Waals surface area contributed by atoms with E-state index in [4.69, 9.17) is 5.73 Å². The van der Waals surface area contributed by atoms with Crippen LogP contribution in [0.25, 0.3) is 0 Å². The van der Waals surface area contributed by atoms with Crippen molar-refractivity contribution in [3.63, 3.8) is 0 Å². The van der Waals surface area contributed by atoms with E-state index < -0.39 is 12.2 Å². The summed E-state index contributed by atoms with van der Waals surface area (Å²) in [6, 6.07) is -1.66. The highest BCUT2D eigenvalue weighted by molar-refractivity contribution is 5.95. The predicted molar refractivity (Wildman–Crippen MR) is 52.3 cm³/mol. The second kappa shape index (κ2) is 3.48. The Kier molecular flexibility index (Phi) is 2.38. The number of rotatable bonds is 1. The van der Waals surface area contributed by atoms with Crippen LogP contribution in [0.3, 0.4) is 0 Å². The van der Waals surface area contributed by atoms with Gasteiger partial charge in [0.2, 0.25) is 5.96 Å². The van der Waals surface area contributed by atoms with Gasteiger partial charge in [-0.25, -0.2) is 15.0 Å². The first-order chi connectivity index (χ1) is 7.41. The minimum atomic E-state index is -4.33. The second-order valence-corrected chi connectivity index (χ2v) is 3.44. The quantitative estimate of drug-likeness (QED) is 0.724. The third-order valence-corrected chi connectivity index (χ3v) is 2.40. The average Bonchev–Trinajstić information content (AvgIpc) is 2.60. The van der Waals surface area contributed by atoms with Crippen LogP contribution < -0.4 is 5.73 Å². The largest absolute Gasteiger partial charge is 0.405 e. The number of allylic oxidation sites excluding steroid dienone is 1. The molecule has 0 spiro atoms. The minimum Gasteiger partial charge on any atom is -0.384 e. The molecule has 0 aromatic rings. The van der Waals surface area contributed by atoms with Crippen molar-refractivity contribution in [2.75, 3.05) is 6.67 Å². The Balaban J connectivity index is 2.23. The lowest BCUT2D eigenvalue weighted by Crippen LogP contribution is -2.52. The van der Waals surface area contributed by atoms with E-state index in [1.807, 2.05) is 0 Å². The fourth-order valence-corrected chi connectivity index (χ4v) is 1.46. The molecule has 0 saturated heterocycles. The van der Waals surface area contributed by atoms with Gasteiger partial charge in [0.05, 0.1) is 0 Å². The lowest BCUT2D eigenvalue weighted by Gasteiger charge is -2.34. The summed E-state index contributed by atoms with van der Waals surface area (Å²) >= 11 is 0. The first-order valence-electron chi connectivity index (χ1n) is 4.59. The van der Waals surface area contributed by atoms with Gasteiger partial charge in [0.15, 0.2) is 0 Å². The molecule has 0 aromatic heterocycles. The highest BCUT2D eigenvalue weighted by Crippen LogP contribution is 2.29. The lowest BCUT2D eigenvalue weighted by atomic mass is 10.3. The molecular formula is C8H10F3N5. The van der Waals surface area contributed by atoms with E-state index in [0.29, 0.717) is 0 Å². The zero-order valence-corrected chi connectivity index (χ0v) is 8.44. The van der Waals surface area contributed by atoms with Gasteiger partial charge in [-0.15, -0.1) is 0 Å². The van der Waals surface area contributed by atoms with E-state index in [-0.39, 0.29) is 18.4 Å². The number of hydrogen-bond donors (Lipinski definition) is 1. The minimum absolute atomic E-state index is 0.0953. The molecule has 0 fully saturated rings. The van der Waals surface area contributed by atoms with Crippen LogP contribution in [-0.2, 0) is 0 Å². The molecule has 0 aliphatic carbocycles. The molecule has 0 amide bonds. The van der Waals surface area contributed by atoms with Gasteiger partial charge in [0.25, 0.3) is 0 Å². The van der Waals surface area contributed by atoms with Gasteiger partial charge in [-0.1, -0.05) is 0 Å². The van der Waals surface area contributed by atoms with Crippen molar-refractivity contribution < 1.29 is 13.2 Å². The Morgan fingerprint density at radius 1 is 1.50 bits per heavy atom. The van der Waals surface area contributed by atoms with Crippen molar-refractivity contribution in [1.29, 1.82) is 0 Å². The molecule has 1 atom stereocenters. The third-order valence-electron chi connectivity index (χ3n) is 2.40. The van der Waals surface area contributed by atoms with Crippen LogP contribution in [-0.4, -0.2) is 41.1 Å². The summed E-state index contributed by atoms with van der Waals surface area (Å²) in [7, 11) is 0. The number of fused-ring (bicyclic) bond motifs is 1. The molecule has 16 heavy (non-hydrogen) atoms. The Morgan fingerprint density at radius 3 is 2.81 bits per heavy atom. The molecule has 8 heteroatoms. The summed E-state index contributed by atoms with van der Waals surface area (Å²) in [5, 5.41) is 2.20. The van der Waals surface area contributed by atoms with Crippen molar-refractivity contribution in [3.05, 3.63) is 11.9 Å². The topological polar surface area (TPSA) is 57.2 Å². The zero-order valence-electron chi connectivity index (χ0n) is 8.44. The standard InChI is InChI=1S/C8H10F3N5/c1-5(8(9,10)11)15-4-14-7-13-3-2-6(12)16(7)15/h2-3,5H,4,12H2,1H3. The summed E-state index contributed by atoms with van der Waals surface area (Å²) in [5.41, 5.74) is 5.60. The maximum absolute atomic E-state index is 12.6. The fourth-order valence-electron chi connectivity index (χ4n) is 1.46. The molecule has 2 aliphatic rings. The second-order valence-electron chi connectivity index (χ2n) is 3.44. The van der Waals surface area contributed by atoms with E-state index in [1.165, 1.54) is 17.3 Å². The average molecular weight is 233 g/mol. The van der Waals surface area contributed by atoms with Crippen molar-refractivity contribution in [3.8, 4) is 0 Å². The summed E-state index contributed by atoms with van der Waals surface area (Å²) in [4.78, 5) is 7.72. The zero-order chi connectivity index (χ0) is 11.9. The predicted octanol–water partition coefficient (Wildman–Crippen LogP) is 0.668. The van der Waals surface area contributed by atoms with E-state index in [2.05, 4.69) is 9.98 Å². The molecule has 0 radical (unpaired) electrons. The van der Waals surface area contributed by atoms with Gasteiger partial charge >= 0.3 is 6.18 Å². The van der Waals surface area contributed by atoms with Crippen LogP contribution >= 0.6 is 0 Å². The van der Waals surface area contributed by atoms with Crippen LogP contribution in [0.2, 0.25) is 0 Å². The smallest absolute Gasteiger partial charge is 0.384 e. The number of hydrogen-bond acceptors (Lipinski definition) is 5. The Labute approximate surface area is 89.7 Å². The number of guanidine groups is 1. The van der Waals surface area contributed by atoms with Gasteiger partial charge in [0, 0.05) is 6.21 Å². The maximum Gasteiger partial charge on any atom is 0.405 e. The lowest BCUT2D eigenvalue weighted by molar-refractivity contribution is -0.198. The van der Waals surface area contributed by atoms with Crippen molar-refractivity contribution in [2.24, 2.45) is 15.7 Å². The summed E-state index contributed by atoms with van der Waals surface area (Å²) in [5.74, 6) is 0.374. The first-order valence-corrected chi connectivity index (χ1v) is 4.59. The van der Waals surface area contributed by atoms with Crippen LogP contribution in [0, 0.1) is 0 Å². The number of alkyl halides is 3. The van der Waals surface area contributed by atoms with Gasteiger partial charge in [-0.05, 0) is 13.0 Å². The Hall–Kier alpha value is -1.57. The van der Waals surface area contributed by atoms with E-state index >= 15 is 0 Å².